The molecule has 1 amide bonds. The lowest BCUT2D eigenvalue weighted by molar-refractivity contribution is -0.119. The van der Waals surface area contributed by atoms with Gasteiger partial charge in [-0.05, 0) is 29.8 Å². The number of amides is 1. The molecule has 0 unspecified atom stereocenters. The van der Waals surface area contributed by atoms with Crippen LogP contribution in [0.4, 0.5) is 5.69 Å². The molecule has 2 aromatic carbocycles. The average molecular weight is 351 g/mol. The number of hydrazone groups is 1. The molecule has 7 nitrogen and oxygen atoms in total. The fourth-order valence-corrected chi connectivity index (χ4v) is 2.22. The highest BCUT2D eigenvalue weighted by Crippen LogP contribution is 2.34. The topological polar surface area (TPSA) is 81.2 Å². The molecular weight excluding hydrogens is 334 g/mol. The first kappa shape index (κ1) is 17.2. The highest BCUT2D eigenvalue weighted by Gasteiger charge is 2.13. The van der Waals surface area contributed by atoms with Crippen LogP contribution in [0.2, 0.25) is 0 Å². The number of carbonyl (C=O) groups is 1. The first-order valence-corrected chi connectivity index (χ1v) is 7.86. The fourth-order valence-electron chi connectivity index (χ4n) is 2.22. The van der Waals surface area contributed by atoms with Crippen molar-refractivity contribution in [3.63, 3.8) is 0 Å². The Balaban J connectivity index is 1.46. The molecule has 0 saturated carbocycles. The van der Waals surface area contributed by atoms with Gasteiger partial charge in [0.15, 0.2) is 11.5 Å². The monoisotopic (exact) mass is 351 g/mol. The van der Waals surface area contributed by atoms with Gasteiger partial charge < -0.3 is 19.5 Å². The molecule has 0 atom stereocenters. The van der Waals surface area contributed by atoms with E-state index in [1.165, 1.54) is 6.21 Å². The van der Waals surface area contributed by atoms with Crippen molar-refractivity contribution in [3.8, 4) is 29.6 Å². The van der Waals surface area contributed by atoms with Gasteiger partial charge in [-0.2, -0.15) is 5.10 Å². The molecule has 0 aromatic heterocycles. The van der Waals surface area contributed by atoms with Gasteiger partial charge >= 0.3 is 0 Å². The minimum absolute atomic E-state index is 0.0717. The second kappa shape index (κ2) is 8.44. The van der Waals surface area contributed by atoms with E-state index in [-0.39, 0.29) is 25.9 Å². The fraction of sp³-hybridized carbons (Fsp3) is 0.158. The molecule has 3 rings (SSSR count). The molecule has 26 heavy (non-hydrogen) atoms. The number of fused-ring (bicyclic) bond motifs is 1. The Kier molecular flexibility index (Phi) is 5.58. The zero-order valence-corrected chi connectivity index (χ0v) is 13.9. The molecule has 2 N–H and O–H groups in total. The Bertz CT molecular complexity index is 858. The maximum atomic E-state index is 11.9. The van der Waals surface area contributed by atoms with Gasteiger partial charge in [0.2, 0.25) is 6.79 Å². The van der Waals surface area contributed by atoms with Gasteiger partial charge in [-0.15, -0.1) is 6.42 Å². The maximum Gasteiger partial charge on any atom is 0.259 e. The first-order chi connectivity index (χ1) is 12.7. The van der Waals surface area contributed by atoms with Crippen LogP contribution in [0.25, 0.3) is 0 Å². The summed E-state index contributed by atoms with van der Waals surface area (Å²) in [7, 11) is 0. The number of carbonyl (C=O) groups excluding carboxylic acids is 1. The number of anilines is 1. The Labute approximate surface area is 151 Å². The van der Waals surface area contributed by atoms with Crippen molar-refractivity contribution in [3.05, 3.63) is 48.0 Å². The number of ether oxygens (including phenoxy) is 3. The summed E-state index contributed by atoms with van der Waals surface area (Å²) in [5.74, 6) is 4.11. The molecule has 2 aromatic rings. The molecular formula is C19H17N3O4. The molecule has 0 spiro atoms. The van der Waals surface area contributed by atoms with E-state index in [2.05, 4.69) is 21.8 Å². The number of hydrogen-bond acceptors (Lipinski definition) is 6. The number of rotatable bonds is 7. The molecule has 0 aliphatic carbocycles. The van der Waals surface area contributed by atoms with Crippen LogP contribution in [-0.4, -0.2) is 32.1 Å². The predicted octanol–water partition coefficient (Wildman–Crippen LogP) is 1.99. The van der Waals surface area contributed by atoms with Crippen LogP contribution in [0.3, 0.4) is 0 Å². The van der Waals surface area contributed by atoms with Crippen LogP contribution in [0.5, 0.6) is 17.2 Å². The lowest BCUT2D eigenvalue weighted by atomic mass is 10.2. The van der Waals surface area contributed by atoms with Crippen LogP contribution >= 0.6 is 0 Å². The predicted molar refractivity (Wildman–Crippen MR) is 97.6 cm³/mol. The Morgan fingerprint density at radius 2 is 2.15 bits per heavy atom. The van der Waals surface area contributed by atoms with Gasteiger partial charge in [0, 0.05) is 11.8 Å². The minimum Gasteiger partial charge on any atom is -0.481 e. The van der Waals surface area contributed by atoms with Crippen LogP contribution in [0, 0.1) is 12.3 Å². The quantitative estimate of drug-likeness (QED) is 0.453. The van der Waals surface area contributed by atoms with E-state index < -0.39 is 0 Å². The highest BCUT2D eigenvalue weighted by molar-refractivity contribution is 5.84. The normalized spacial score (nSPS) is 11.8. The van der Waals surface area contributed by atoms with E-state index >= 15 is 0 Å². The summed E-state index contributed by atoms with van der Waals surface area (Å²) >= 11 is 0. The van der Waals surface area contributed by atoms with Crippen LogP contribution in [0.1, 0.15) is 5.56 Å². The molecule has 0 bridgehead atoms. The number of nitrogens with zero attached hydrogens (tertiary/aromatic N) is 1. The minimum atomic E-state index is -0.279. The number of terminal acetylenes is 1. The highest BCUT2D eigenvalue weighted by atomic mass is 16.7. The molecule has 132 valence electrons. The van der Waals surface area contributed by atoms with Crippen molar-refractivity contribution in [2.45, 2.75) is 0 Å². The third-order valence-electron chi connectivity index (χ3n) is 3.41. The lowest BCUT2D eigenvalue weighted by Crippen LogP contribution is -2.25. The molecule has 0 fully saturated rings. The summed E-state index contributed by atoms with van der Waals surface area (Å²) in [6.45, 7) is 0.480. The molecule has 7 heteroatoms. The van der Waals surface area contributed by atoms with Crippen LogP contribution < -0.4 is 25.0 Å². The standard InChI is InChI=1S/C19H17N3O4/c1-2-8-24-16-5-3-4-14(9-16)11-21-22-19(23)12-20-15-6-7-17-18(10-15)26-13-25-17/h1,3-7,9-11,20H,8,12-13H2,(H,22,23)/b21-11-. The van der Waals surface area contributed by atoms with Gasteiger partial charge in [-0.25, -0.2) is 5.43 Å². The lowest BCUT2D eigenvalue weighted by Gasteiger charge is -2.06. The Hall–Kier alpha value is -3.66. The van der Waals surface area contributed by atoms with Crippen molar-refractivity contribution in [1.29, 1.82) is 0 Å². The van der Waals surface area contributed by atoms with Gasteiger partial charge in [0.1, 0.15) is 12.4 Å². The zero-order chi connectivity index (χ0) is 18.2. The smallest absolute Gasteiger partial charge is 0.259 e. The maximum absolute atomic E-state index is 11.9. The SMILES string of the molecule is C#CCOc1cccc(/C=N\NC(=O)CNc2ccc3c(c2)OCO3)c1. The van der Waals surface area contributed by atoms with Gasteiger partial charge in [-0.3, -0.25) is 4.79 Å². The van der Waals surface area contributed by atoms with E-state index in [0.717, 1.165) is 11.3 Å². The van der Waals surface area contributed by atoms with E-state index in [9.17, 15) is 4.79 Å². The summed E-state index contributed by atoms with van der Waals surface area (Å²) in [4.78, 5) is 11.9. The summed E-state index contributed by atoms with van der Waals surface area (Å²) in [6.07, 6.45) is 6.69. The van der Waals surface area contributed by atoms with E-state index in [1.807, 2.05) is 18.2 Å². The molecule has 0 radical (unpaired) electrons. The van der Waals surface area contributed by atoms with E-state index in [1.54, 1.807) is 24.3 Å². The third kappa shape index (κ3) is 4.68. The first-order valence-electron chi connectivity index (χ1n) is 7.86. The molecule has 0 saturated heterocycles. The number of benzene rings is 2. The number of nitrogens with one attached hydrogen (secondary N) is 2. The van der Waals surface area contributed by atoms with Crippen molar-refractivity contribution < 1.29 is 19.0 Å². The van der Waals surface area contributed by atoms with E-state index in [4.69, 9.17) is 20.6 Å². The summed E-state index contributed by atoms with van der Waals surface area (Å²) in [5.41, 5.74) is 3.99. The Morgan fingerprint density at radius 3 is 3.04 bits per heavy atom. The molecule has 1 heterocycles. The molecule has 1 aliphatic heterocycles. The van der Waals surface area contributed by atoms with Gasteiger partial charge in [0.05, 0.1) is 12.8 Å². The van der Waals surface area contributed by atoms with E-state index in [0.29, 0.717) is 17.2 Å². The largest absolute Gasteiger partial charge is 0.481 e. The van der Waals surface area contributed by atoms with Crippen LogP contribution in [-0.2, 0) is 4.79 Å². The third-order valence-corrected chi connectivity index (χ3v) is 3.41. The summed E-state index contributed by atoms with van der Waals surface area (Å²) in [5, 5.41) is 6.92. The number of hydrogen-bond donors (Lipinski definition) is 2. The van der Waals surface area contributed by atoms with Crippen LogP contribution in [0.15, 0.2) is 47.6 Å². The molecule has 1 aliphatic rings. The second-order valence-corrected chi connectivity index (χ2v) is 5.28. The van der Waals surface area contributed by atoms with Crippen molar-refractivity contribution in [2.24, 2.45) is 5.10 Å². The van der Waals surface area contributed by atoms with Crippen molar-refractivity contribution in [1.82, 2.24) is 5.43 Å². The zero-order valence-electron chi connectivity index (χ0n) is 13.9. The Morgan fingerprint density at radius 1 is 1.27 bits per heavy atom. The summed E-state index contributed by atoms with van der Waals surface area (Å²) < 4.78 is 15.9. The van der Waals surface area contributed by atoms with Crippen molar-refractivity contribution >= 4 is 17.8 Å². The average Bonchev–Trinajstić information content (AvgIpc) is 3.13. The summed E-state index contributed by atoms with van der Waals surface area (Å²) in [6, 6.07) is 12.6. The van der Waals surface area contributed by atoms with Gasteiger partial charge in [-0.1, -0.05) is 18.1 Å². The second-order valence-electron chi connectivity index (χ2n) is 5.28. The van der Waals surface area contributed by atoms with Gasteiger partial charge in [0.25, 0.3) is 5.91 Å². The van der Waals surface area contributed by atoms with Crippen molar-refractivity contribution in [2.75, 3.05) is 25.3 Å².